The molecule has 9 heteroatoms. The highest BCUT2D eigenvalue weighted by molar-refractivity contribution is 5.90. The minimum absolute atomic E-state index is 0.189. The predicted molar refractivity (Wildman–Crippen MR) is 125 cm³/mol. The second-order valence-electron chi connectivity index (χ2n) is 7.99. The standard InChI is InChI=1S/C27H24O9/c28-21-22(35-25(30)18-12-6-2-7-13-18)20(16-33-24(29)17-10-4-1-5-11-17)34-27(32)23(21)36-26(31)19-14-8-3-9-15-19/h1-15,20-23,27-28,32H,16H2/t20-,21-,22+,23-,27-/m1/s1. The molecule has 0 bridgehead atoms. The Balaban J connectivity index is 1.52. The molecule has 3 aromatic carbocycles. The topological polar surface area (TPSA) is 129 Å². The van der Waals surface area contributed by atoms with Gasteiger partial charge in [0.25, 0.3) is 0 Å². The van der Waals surface area contributed by atoms with Crippen molar-refractivity contribution in [2.45, 2.75) is 30.7 Å². The molecule has 0 aliphatic carbocycles. The Bertz CT molecular complexity index is 1170. The SMILES string of the molecule is O=C(OC[C@H]1O[C@@H](O)[C@H](OC(=O)c2ccccc2)[C@H](O)[C@H]1OC(=O)c1ccccc1)c1ccccc1. The number of ether oxygens (including phenoxy) is 4. The molecule has 0 amide bonds. The van der Waals surface area contributed by atoms with E-state index in [4.69, 9.17) is 18.9 Å². The highest BCUT2D eigenvalue weighted by atomic mass is 16.7. The molecule has 0 aromatic heterocycles. The third-order valence-electron chi connectivity index (χ3n) is 5.53. The molecule has 186 valence electrons. The monoisotopic (exact) mass is 492 g/mol. The van der Waals surface area contributed by atoms with Gasteiger partial charge in [-0.05, 0) is 36.4 Å². The van der Waals surface area contributed by atoms with Gasteiger partial charge in [0.2, 0.25) is 0 Å². The summed E-state index contributed by atoms with van der Waals surface area (Å²) >= 11 is 0. The number of aliphatic hydroxyl groups excluding tert-OH is 2. The molecule has 0 unspecified atom stereocenters. The molecule has 1 fully saturated rings. The molecule has 5 atom stereocenters. The van der Waals surface area contributed by atoms with Crippen LogP contribution in [-0.4, -0.2) is 65.4 Å². The Hall–Kier alpha value is -4.05. The van der Waals surface area contributed by atoms with E-state index in [-0.39, 0.29) is 16.7 Å². The van der Waals surface area contributed by atoms with E-state index in [0.717, 1.165) is 0 Å². The molecule has 9 nitrogen and oxygen atoms in total. The van der Waals surface area contributed by atoms with E-state index in [0.29, 0.717) is 0 Å². The minimum atomic E-state index is -1.78. The first kappa shape index (κ1) is 25.1. The molecule has 3 aromatic rings. The van der Waals surface area contributed by atoms with E-state index in [1.165, 1.54) is 24.3 Å². The van der Waals surface area contributed by atoms with Crippen molar-refractivity contribution in [1.82, 2.24) is 0 Å². The fourth-order valence-electron chi connectivity index (χ4n) is 3.66. The smallest absolute Gasteiger partial charge is 0.338 e. The average molecular weight is 492 g/mol. The van der Waals surface area contributed by atoms with Crippen molar-refractivity contribution in [2.24, 2.45) is 0 Å². The van der Waals surface area contributed by atoms with Crippen molar-refractivity contribution in [3.8, 4) is 0 Å². The van der Waals surface area contributed by atoms with Gasteiger partial charge in [0, 0.05) is 0 Å². The molecule has 1 saturated heterocycles. The summed E-state index contributed by atoms with van der Waals surface area (Å²) < 4.78 is 21.6. The van der Waals surface area contributed by atoms with E-state index >= 15 is 0 Å². The molecule has 0 saturated carbocycles. The van der Waals surface area contributed by atoms with Gasteiger partial charge in [-0.25, -0.2) is 14.4 Å². The zero-order valence-corrected chi connectivity index (χ0v) is 19.0. The van der Waals surface area contributed by atoms with Gasteiger partial charge in [0.05, 0.1) is 16.7 Å². The number of carbonyl (C=O) groups is 3. The second-order valence-corrected chi connectivity index (χ2v) is 7.99. The maximum atomic E-state index is 12.7. The molecule has 1 aliphatic heterocycles. The largest absolute Gasteiger partial charge is 0.459 e. The number of rotatable bonds is 7. The fraction of sp³-hybridized carbons (Fsp3) is 0.222. The van der Waals surface area contributed by atoms with Crippen LogP contribution in [0, 0.1) is 0 Å². The van der Waals surface area contributed by atoms with Crippen LogP contribution >= 0.6 is 0 Å². The summed E-state index contributed by atoms with van der Waals surface area (Å²) in [6, 6.07) is 24.2. The number of carbonyl (C=O) groups excluding carboxylic acids is 3. The summed E-state index contributed by atoms with van der Waals surface area (Å²) in [7, 11) is 0. The third kappa shape index (κ3) is 5.95. The molecule has 1 aliphatic rings. The van der Waals surface area contributed by atoms with Gasteiger partial charge in [0.1, 0.15) is 18.8 Å². The van der Waals surface area contributed by atoms with Crippen molar-refractivity contribution in [1.29, 1.82) is 0 Å². The first-order valence-corrected chi connectivity index (χ1v) is 11.2. The maximum absolute atomic E-state index is 12.7. The molecule has 1 heterocycles. The van der Waals surface area contributed by atoms with E-state index in [1.807, 2.05) is 0 Å². The van der Waals surface area contributed by atoms with Crippen molar-refractivity contribution in [2.75, 3.05) is 6.61 Å². The van der Waals surface area contributed by atoms with E-state index in [2.05, 4.69) is 0 Å². The van der Waals surface area contributed by atoms with Crippen molar-refractivity contribution < 1.29 is 43.5 Å². The summed E-state index contributed by atoms with van der Waals surface area (Å²) in [6.07, 6.45) is -7.72. The Morgan fingerprint density at radius 1 is 0.639 bits per heavy atom. The Morgan fingerprint density at radius 3 is 1.53 bits per heavy atom. The second kappa shape index (κ2) is 11.6. The van der Waals surface area contributed by atoms with Gasteiger partial charge in [-0.15, -0.1) is 0 Å². The summed E-state index contributed by atoms with van der Waals surface area (Å²) in [5.41, 5.74) is 0.671. The van der Waals surface area contributed by atoms with Gasteiger partial charge >= 0.3 is 17.9 Å². The fourth-order valence-corrected chi connectivity index (χ4v) is 3.66. The van der Waals surface area contributed by atoms with Gasteiger partial charge in [-0.1, -0.05) is 54.6 Å². The molecule has 0 spiro atoms. The number of aliphatic hydroxyl groups is 2. The Morgan fingerprint density at radius 2 is 1.06 bits per heavy atom. The molecule has 4 rings (SSSR count). The zero-order valence-electron chi connectivity index (χ0n) is 19.0. The lowest BCUT2D eigenvalue weighted by Gasteiger charge is -2.41. The van der Waals surface area contributed by atoms with Crippen LogP contribution in [0.1, 0.15) is 31.1 Å². The van der Waals surface area contributed by atoms with Gasteiger partial charge in [-0.3, -0.25) is 0 Å². The Labute approximate surface area is 206 Å². The molecule has 36 heavy (non-hydrogen) atoms. The van der Waals surface area contributed by atoms with Gasteiger partial charge in [0.15, 0.2) is 18.5 Å². The van der Waals surface area contributed by atoms with Gasteiger partial charge < -0.3 is 29.2 Å². The molecular formula is C27H24O9. The van der Waals surface area contributed by atoms with Crippen LogP contribution in [0.15, 0.2) is 91.0 Å². The molecule has 2 N–H and O–H groups in total. The maximum Gasteiger partial charge on any atom is 0.338 e. The van der Waals surface area contributed by atoms with Crippen LogP contribution in [-0.2, 0) is 18.9 Å². The van der Waals surface area contributed by atoms with Gasteiger partial charge in [-0.2, -0.15) is 0 Å². The van der Waals surface area contributed by atoms with Crippen LogP contribution in [0.5, 0.6) is 0 Å². The van der Waals surface area contributed by atoms with E-state index in [9.17, 15) is 24.6 Å². The number of hydrogen-bond acceptors (Lipinski definition) is 9. The number of benzene rings is 3. The van der Waals surface area contributed by atoms with Crippen LogP contribution in [0.2, 0.25) is 0 Å². The first-order chi connectivity index (χ1) is 17.4. The van der Waals surface area contributed by atoms with Crippen LogP contribution in [0.25, 0.3) is 0 Å². The summed E-state index contributed by atoms with van der Waals surface area (Å²) in [6.45, 7) is -0.450. The van der Waals surface area contributed by atoms with Crippen molar-refractivity contribution >= 4 is 17.9 Å². The minimum Gasteiger partial charge on any atom is -0.459 e. The number of esters is 3. The zero-order chi connectivity index (χ0) is 25.5. The van der Waals surface area contributed by atoms with Crippen LogP contribution in [0.4, 0.5) is 0 Å². The van der Waals surface area contributed by atoms with E-state index in [1.54, 1.807) is 66.7 Å². The lowest BCUT2D eigenvalue weighted by Crippen LogP contribution is -2.61. The normalized spacial score (nSPS) is 23.3. The van der Waals surface area contributed by atoms with Crippen molar-refractivity contribution in [3.05, 3.63) is 108 Å². The van der Waals surface area contributed by atoms with Crippen LogP contribution in [0.3, 0.4) is 0 Å². The molecular weight excluding hydrogens is 468 g/mol. The summed E-state index contributed by atoms with van der Waals surface area (Å²) in [4.78, 5) is 37.6. The highest BCUT2D eigenvalue weighted by Crippen LogP contribution is 2.27. The lowest BCUT2D eigenvalue weighted by atomic mass is 9.98. The lowest BCUT2D eigenvalue weighted by molar-refractivity contribution is -0.284. The average Bonchev–Trinajstić information content (AvgIpc) is 2.92. The third-order valence-corrected chi connectivity index (χ3v) is 5.53. The van der Waals surface area contributed by atoms with E-state index < -0.39 is 55.2 Å². The van der Waals surface area contributed by atoms with Crippen molar-refractivity contribution in [3.63, 3.8) is 0 Å². The molecule has 0 radical (unpaired) electrons. The van der Waals surface area contributed by atoms with Crippen LogP contribution < -0.4 is 0 Å². The summed E-state index contributed by atoms with van der Waals surface area (Å²) in [5.74, 6) is -2.27. The summed E-state index contributed by atoms with van der Waals surface area (Å²) in [5, 5.41) is 21.5. The highest BCUT2D eigenvalue weighted by Gasteiger charge is 2.49. The Kier molecular flexibility index (Phi) is 8.06. The quantitative estimate of drug-likeness (QED) is 0.377. The first-order valence-electron chi connectivity index (χ1n) is 11.2. The number of hydrogen-bond donors (Lipinski definition) is 2. The predicted octanol–water partition coefficient (Wildman–Crippen LogP) is 2.37.